The standard InChI is InChI=1S/C9H16N2O/c1-3-5-7-10-9(12)11-8-6-4-2/h7-8H,3-6H2,1-2H3. The first-order chi connectivity index (χ1) is 5.81. The summed E-state index contributed by atoms with van der Waals surface area (Å²) in [4.78, 5) is 18.0. The summed E-state index contributed by atoms with van der Waals surface area (Å²) in [5, 5.41) is 0. The number of rotatable bonds is 4. The van der Waals surface area contributed by atoms with Gasteiger partial charge in [0, 0.05) is 12.4 Å². The van der Waals surface area contributed by atoms with Crippen LogP contribution in [-0.2, 0) is 0 Å². The van der Waals surface area contributed by atoms with Crippen LogP contribution in [0.3, 0.4) is 0 Å². The highest BCUT2D eigenvalue weighted by Crippen LogP contribution is 1.86. The summed E-state index contributed by atoms with van der Waals surface area (Å²) in [6, 6.07) is -0.392. The van der Waals surface area contributed by atoms with Gasteiger partial charge in [0.1, 0.15) is 0 Å². The predicted molar refractivity (Wildman–Crippen MR) is 52.2 cm³/mol. The second-order valence-corrected chi connectivity index (χ2v) is 2.48. The van der Waals surface area contributed by atoms with Crippen molar-refractivity contribution in [3.8, 4) is 0 Å². The second kappa shape index (κ2) is 8.11. The summed E-state index contributed by atoms with van der Waals surface area (Å²) in [5.41, 5.74) is 0. The van der Waals surface area contributed by atoms with Gasteiger partial charge in [0.25, 0.3) is 0 Å². The molecular weight excluding hydrogens is 152 g/mol. The van der Waals surface area contributed by atoms with Crippen molar-refractivity contribution in [2.75, 3.05) is 0 Å². The lowest BCUT2D eigenvalue weighted by atomic mass is 10.4. The number of aliphatic imine (C=N–C) groups is 2. The van der Waals surface area contributed by atoms with Crippen molar-refractivity contribution in [1.29, 1.82) is 0 Å². The maximum atomic E-state index is 10.8. The maximum absolute atomic E-state index is 10.8. The van der Waals surface area contributed by atoms with E-state index in [2.05, 4.69) is 9.98 Å². The quantitative estimate of drug-likeness (QED) is 0.595. The summed E-state index contributed by atoms with van der Waals surface area (Å²) < 4.78 is 0. The lowest BCUT2D eigenvalue weighted by Gasteiger charge is -1.84. The molecule has 68 valence electrons. The van der Waals surface area contributed by atoms with Crippen molar-refractivity contribution in [2.45, 2.75) is 39.5 Å². The first kappa shape index (κ1) is 11.0. The molecule has 0 aliphatic rings. The SMILES string of the molecule is CCCC=NC(=O)N=CCCC. The molecule has 0 bridgehead atoms. The number of carbonyl (C=O) groups excluding carboxylic acids is 1. The van der Waals surface area contributed by atoms with Gasteiger partial charge in [-0.15, -0.1) is 0 Å². The fourth-order valence-electron chi connectivity index (χ4n) is 0.577. The molecule has 0 aromatic heterocycles. The Balaban J connectivity index is 3.58. The van der Waals surface area contributed by atoms with E-state index in [1.165, 1.54) is 0 Å². The fourth-order valence-corrected chi connectivity index (χ4v) is 0.577. The fraction of sp³-hybridized carbons (Fsp3) is 0.667. The van der Waals surface area contributed by atoms with Crippen LogP contribution in [-0.4, -0.2) is 18.5 Å². The van der Waals surface area contributed by atoms with E-state index in [4.69, 9.17) is 0 Å². The largest absolute Gasteiger partial charge is 0.366 e. The number of unbranched alkanes of at least 4 members (excludes halogenated alkanes) is 2. The molecule has 0 unspecified atom stereocenters. The Morgan fingerprint density at radius 3 is 1.83 bits per heavy atom. The van der Waals surface area contributed by atoms with Gasteiger partial charge in [-0.3, -0.25) is 0 Å². The van der Waals surface area contributed by atoms with Crippen LogP contribution in [0.5, 0.6) is 0 Å². The molecule has 0 spiro atoms. The van der Waals surface area contributed by atoms with Crippen LogP contribution in [0, 0.1) is 0 Å². The van der Waals surface area contributed by atoms with E-state index in [1.54, 1.807) is 12.4 Å². The van der Waals surface area contributed by atoms with Gasteiger partial charge in [0.2, 0.25) is 0 Å². The monoisotopic (exact) mass is 168 g/mol. The summed E-state index contributed by atoms with van der Waals surface area (Å²) in [6.07, 6.45) is 6.94. The van der Waals surface area contributed by atoms with E-state index in [-0.39, 0.29) is 0 Å². The van der Waals surface area contributed by atoms with Crippen molar-refractivity contribution < 1.29 is 4.79 Å². The molecule has 0 radical (unpaired) electrons. The summed E-state index contributed by atoms with van der Waals surface area (Å²) in [7, 11) is 0. The molecule has 12 heavy (non-hydrogen) atoms. The zero-order valence-electron chi connectivity index (χ0n) is 7.79. The molecule has 3 heteroatoms. The van der Waals surface area contributed by atoms with Crippen LogP contribution in [0.4, 0.5) is 4.79 Å². The molecule has 0 saturated heterocycles. The average molecular weight is 168 g/mol. The molecule has 0 atom stereocenters. The maximum Gasteiger partial charge on any atom is 0.366 e. The van der Waals surface area contributed by atoms with Gasteiger partial charge in [-0.2, -0.15) is 0 Å². The highest BCUT2D eigenvalue weighted by molar-refractivity contribution is 5.89. The van der Waals surface area contributed by atoms with Crippen molar-refractivity contribution in [3.05, 3.63) is 0 Å². The minimum absolute atomic E-state index is 0.392. The van der Waals surface area contributed by atoms with E-state index in [0.717, 1.165) is 25.7 Å². The minimum Gasteiger partial charge on any atom is -0.244 e. The molecule has 0 fully saturated rings. The summed E-state index contributed by atoms with van der Waals surface area (Å²) in [6.45, 7) is 4.08. The Morgan fingerprint density at radius 1 is 1.08 bits per heavy atom. The Morgan fingerprint density at radius 2 is 1.50 bits per heavy atom. The Kier molecular flexibility index (Phi) is 7.44. The molecule has 0 N–H and O–H groups in total. The minimum atomic E-state index is -0.392. The first-order valence-corrected chi connectivity index (χ1v) is 4.40. The Hall–Kier alpha value is -0.990. The number of hydrogen-bond acceptors (Lipinski definition) is 1. The molecule has 0 aromatic rings. The van der Waals surface area contributed by atoms with E-state index >= 15 is 0 Å². The third kappa shape index (κ3) is 7.12. The zero-order chi connectivity index (χ0) is 9.23. The van der Waals surface area contributed by atoms with Crippen LogP contribution in [0.1, 0.15) is 39.5 Å². The molecule has 0 aromatic carbocycles. The van der Waals surface area contributed by atoms with E-state index in [9.17, 15) is 4.79 Å². The van der Waals surface area contributed by atoms with Crippen LogP contribution >= 0.6 is 0 Å². The van der Waals surface area contributed by atoms with E-state index in [0.29, 0.717) is 0 Å². The van der Waals surface area contributed by atoms with Gasteiger partial charge < -0.3 is 0 Å². The van der Waals surface area contributed by atoms with Gasteiger partial charge in [0.05, 0.1) is 0 Å². The third-order valence-corrected chi connectivity index (χ3v) is 1.24. The predicted octanol–water partition coefficient (Wildman–Crippen LogP) is 2.85. The van der Waals surface area contributed by atoms with Crippen LogP contribution in [0.25, 0.3) is 0 Å². The van der Waals surface area contributed by atoms with Gasteiger partial charge in [-0.1, -0.05) is 26.7 Å². The normalized spacial score (nSPS) is 11.5. The van der Waals surface area contributed by atoms with Crippen LogP contribution in [0.2, 0.25) is 0 Å². The Bertz CT molecular complexity index is 155. The number of urea groups is 1. The molecule has 0 aliphatic carbocycles. The van der Waals surface area contributed by atoms with Gasteiger partial charge in [-0.05, 0) is 12.8 Å². The molecule has 0 rings (SSSR count). The number of nitrogens with zero attached hydrogens (tertiary/aromatic N) is 2. The van der Waals surface area contributed by atoms with Gasteiger partial charge >= 0.3 is 6.03 Å². The first-order valence-electron chi connectivity index (χ1n) is 4.40. The summed E-state index contributed by atoms with van der Waals surface area (Å²) >= 11 is 0. The second-order valence-electron chi connectivity index (χ2n) is 2.48. The summed E-state index contributed by atoms with van der Waals surface area (Å²) in [5.74, 6) is 0. The van der Waals surface area contributed by atoms with Crippen LogP contribution in [0.15, 0.2) is 9.98 Å². The molecule has 0 aliphatic heterocycles. The van der Waals surface area contributed by atoms with Gasteiger partial charge in [-0.25, -0.2) is 14.8 Å². The highest BCUT2D eigenvalue weighted by Gasteiger charge is 1.88. The van der Waals surface area contributed by atoms with E-state index < -0.39 is 6.03 Å². The molecule has 0 heterocycles. The van der Waals surface area contributed by atoms with Crippen LogP contribution < -0.4 is 0 Å². The molecule has 0 saturated carbocycles. The van der Waals surface area contributed by atoms with E-state index in [1.807, 2.05) is 13.8 Å². The van der Waals surface area contributed by atoms with Crippen molar-refractivity contribution >= 4 is 18.5 Å². The lowest BCUT2D eigenvalue weighted by Crippen LogP contribution is -1.86. The van der Waals surface area contributed by atoms with Crippen molar-refractivity contribution in [3.63, 3.8) is 0 Å². The molecule has 2 amide bonds. The van der Waals surface area contributed by atoms with Crippen molar-refractivity contribution in [1.82, 2.24) is 0 Å². The molecular formula is C9H16N2O. The highest BCUT2D eigenvalue weighted by atomic mass is 16.2. The third-order valence-electron chi connectivity index (χ3n) is 1.24. The molecule has 3 nitrogen and oxygen atoms in total. The topological polar surface area (TPSA) is 41.8 Å². The lowest BCUT2D eigenvalue weighted by molar-refractivity contribution is 0.257. The van der Waals surface area contributed by atoms with Crippen molar-refractivity contribution in [2.24, 2.45) is 9.98 Å². The Labute approximate surface area is 73.6 Å². The number of carbonyl (C=O) groups is 1. The average Bonchev–Trinajstić information content (AvgIpc) is 2.06. The zero-order valence-corrected chi connectivity index (χ0v) is 7.79. The smallest absolute Gasteiger partial charge is 0.244 e. The number of amides is 2. The van der Waals surface area contributed by atoms with Gasteiger partial charge in [0.15, 0.2) is 0 Å². The number of hydrogen-bond donors (Lipinski definition) is 0.